The maximum absolute atomic E-state index is 11.8. The molecule has 0 heterocycles. The summed E-state index contributed by atoms with van der Waals surface area (Å²) in [6, 6.07) is 3.43. The molecule has 1 aromatic rings. The lowest BCUT2D eigenvalue weighted by atomic mass is 10.2. The van der Waals surface area contributed by atoms with Gasteiger partial charge < -0.3 is 10.5 Å². The predicted octanol–water partition coefficient (Wildman–Crippen LogP) is 1.73. The molecule has 3 amide bonds. The molecule has 0 unspecified atom stereocenters. The highest BCUT2D eigenvalue weighted by atomic mass is 35.5. The third kappa shape index (κ3) is 4.11. The lowest BCUT2D eigenvalue weighted by Gasteiger charge is -2.13. The topological polar surface area (TPSA) is 98.5 Å². The largest absolute Gasteiger partial charge is 0.449 e. The van der Waals surface area contributed by atoms with Gasteiger partial charge in [-0.15, -0.1) is 0 Å². The average Bonchev–Trinajstić information content (AvgIpc) is 2.27. The van der Waals surface area contributed by atoms with Crippen LogP contribution in [0.1, 0.15) is 17.3 Å². The molecule has 0 saturated heterocycles. The van der Waals surface area contributed by atoms with E-state index in [0.717, 1.165) is 0 Å². The van der Waals surface area contributed by atoms with Gasteiger partial charge in [0, 0.05) is 0 Å². The van der Waals surface area contributed by atoms with Gasteiger partial charge in [0.05, 0.1) is 15.6 Å². The summed E-state index contributed by atoms with van der Waals surface area (Å²) in [6.07, 6.45) is -1.22. The van der Waals surface area contributed by atoms with Crippen molar-refractivity contribution in [2.45, 2.75) is 13.0 Å². The number of esters is 1. The summed E-state index contributed by atoms with van der Waals surface area (Å²) in [7, 11) is 0. The number of primary amides is 1. The number of amides is 3. The summed E-state index contributed by atoms with van der Waals surface area (Å²) in [6.45, 7) is 1.28. The second-order valence-electron chi connectivity index (χ2n) is 3.50. The minimum Gasteiger partial charge on any atom is -0.449 e. The van der Waals surface area contributed by atoms with Crippen molar-refractivity contribution < 1.29 is 19.1 Å². The van der Waals surface area contributed by atoms with Crippen LogP contribution in [0.3, 0.4) is 0 Å². The fraction of sp³-hybridized carbons (Fsp3) is 0.182. The normalized spacial score (nSPS) is 11.5. The van der Waals surface area contributed by atoms with E-state index in [4.69, 9.17) is 33.7 Å². The Balaban J connectivity index is 2.80. The van der Waals surface area contributed by atoms with Crippen molar-refractivity contribution in [3.8, 4) is 0 Å². The first-order valence-electron chi connectivity index (χ1n) is 5.08. The van der Waals surface area contributed by atoms with Crippen molar-refractivity contribution in [3.63, 3.8) is 0 Å². The second kappa shape index (κ2) is 6.40. The number of hydrogen-bond donors (Lipinski definition) is 2. The van der Waals surface area contributed by atoms with E-state index >= 15 is 0 Å². The Morgan fingerprint density at radius 3 is 2.26 bits per heavy atom. The van der Waals surface area contributed by atoms with Gasteiger partial charge >= 0.3 is 12.0 Å². The zero-order valence-corrected chi connectivity index (χ0v) is 11.3. The van der Waals surface area contributed by atoms with Crippen molar-refractivity contribution in [2.75, 3.05) is 0 Å². The lowest BCUT2D eigenvalue weighted by molar-refractivity contribution is -0.127. The second-order valence-corrected chi connectivity index (χ2v) is 4.31. The summed E-state index contributed by atoms with van der Waals surface area (Å²) in [4.78, 5) is 33.6. The Labute approximate surface area is 118 Å². The molecule has 1 aromatic carbocycles. The number of benzene rings is 1. The molecular formula is C11H10Cl2N2O4. The maximum Gasteiger partial charge on any atom is 0.341 e. The number of nitrogens with one attached hydrogen (secondary N) is 1. The van der Waals surface area contributed by atoms with Crippen LogP contribution in [0.25, 0.3) is 0 Å². The van der Waals surface area contributed by atoms with Gasteiger partial charge in [0.2, 0.25) is 0 Å². The zero-order valence-electron chi connectivity index (χ0n) is 9.78. The van der Waals surface area contributed by atoms with Crippen LogP contribution >= 0.6 is 23.2 Å². The fourth-order valence-electron chi connectivity index (χ4n) is 1.19. The Hall–Kier alpha value is -1.79. The van der Waals surface area contributed by atoms with E-state index in [1.165, 1.54) is 19.1 Å². The van der Waals surface area contributed by atoms with Gasteiger partial charge in [-0.05, 0) is 19.1 Å². The molecule has 0 bridgehead atoms. The van der Waals surface area contributed by atoms with Gasteiger partial charge in [-0.3, -0.25) is 10.1 Å². The number of halogens is 2. The van der Waals surface area contributed by atoms with Crippen LogP contribution in [0.15, 0.2) is 18.2 Å². The number of carbonyl (C=O) groups excluding carboxylic acids is 3. The molecule has 1 atom stereocenters. The molecule has 0 aliphatic heterocycles. The van der Waals surface area contributed by atoms with Gasteiger partial charge in [-0.25, -0.2) is 9.59 Å². The molecule has 0 aliphatic carbocycles. The van der Waals surface area contributed by atoms with Crippen LogP contribution in [0, 0.1) is 0 Å². The summed E-state index contributed by atoms with van der Waals surface area (Å²) in [5, 5.41) is 1.98. The molecule has 1 rings (SSSR count). The molecule has 102 valence electrons. The Bertz CT molecular complexity index is 513. The maximum atomic E-state index is 11.8. The molecule has 0 aliphatic rings. The number of nitrogens with two attached hydrogens (primary N) is 1. The van der Waals surface area contributed by atoms with Crippen molar-refractivity contribution in [1.29, 1.82) is 0 Å². The van der Waals surface area contributed by atoms with Crippen LogP contribution in [0.2, 0.25) is 10.0 Å². The first-order chi connectivity index (χ1) is 8.82. The average molecular weight is 305 g/mol. The van der Waals surface area contributed by atoms with E-state index in [2.05, 4.69) is 0 Å². The summed E-state index contributed by atoms with van der Waals surface area (Å²) in [5.74, 6) is -1.72. The lowest BCUT2D eigenvalue weighted by Crippen LogP contribution is -2.42. The van der Waals surface area contributed by atoms with Crippen molar-refractivity contribution in [3.05, 3.63) is 33.8 Å². The van der Waals surface area contributed by atoms with E-state index in [9.17, 15) is 14.4 Å². The number of imide groups is 1. The van der Waals surface area contributed by atoms with E-state index in [-0.39, 0.29) is 15.6 Å². The first-order valence-corrected chi connectivity index (χ1v) is 5.83. The molecule has 0 radical (unpaired) electrons. The standard InChI is InChI=1S/C11H10Cl2N2O4/c1-5(9(16)15-11(14)18)19-10(17)8-6(12)3-2-4-7(8)13/h2-5H,1H3,(H3,14,15,16,18)/t5-/m0/s1. The molecular weight excluding hydrogens is 295 g/mol. The summed E-state index contributed by atoms with van der Waals surface area (Å²) < 4.78 is 4.83. The number of rotatable bonds is 3. The van der Waals surface area contributed by atoms with Gasteiger partial charge in [0.25, 0.3) is 5.91 Å². The monoisotopic (exact) mass is 304 g/mol. The molecule has 3 N–H and O–H groups in total. The van der Waals surface area contributed by atoms with Crippen molar-refractivity contribution in [2.24, 2.45) is 5.73 Å². The Morgan fingerprint density at radius 1 is 1.26 bits per heavy atom. The molecule has 0 aromatic heterocycles. The molecule has 0 saturated carbocycles. The van der Waals surface area contributed by atoms with E-state index in [1.807, 2.05) is 0 Å². The molecule has 8 heteroatoms. The molecule has 6 nitrogen and oxygen atoms in total. The highest BCUT2D eigenvalue weighted by molar-refractivity contribution is 6.39. The number of carbonyl (C=O) groups is 3. The molecule has 19 heavy (non-hydrogen) atoms. The highest BCUT2D eigenvalue weighted by Gasteiger charge is 2.23. The van der Waals surface area contributed by atoms with Gasteiger partial charge in [-0.1, -0.05) is 29.3 Å². The predicted molar refractivity (Wildman–Crippen MR) is 69.1 cm³/mol. The Kier molecular flexibility index (Phi) is 5.14. The molecule has 0 fully saturated rings. The SMILES string of the molecule is C[C@H](OC(=O)c1c(Cl)cccc1Cl)C(=O)NC(N)=O. The number of ether oxygens (including phenoxy) is 1. The van der Waals surface area contributed by atoms with Crippen molar-refractivity contribution >= 4 is 41.1 Å². The van der Waals surface area contributed by atoms with Crippen LogP contribution in [-0.4, -0.2) is 24.0 Å². The van der Waals surface area contributed by atoms with Gasteiger partial charge in [0.15, 0.2) is 6.10 Å². The fourth-order valence-corrected chi connectivity index (χ4v) is 1.74. The molecule has 0 spiro atoms. The van der Waals surface area contributed by atoms with Crippen LogP contribution < -0.4 is 11.1 Å². The number of urea groups is 1. The Morgan fingerprint density at radius 2 is 1.79 bits per heavy atom. The van der Waals surface area contributed by atoms with Gasteiger partial charge in [-0.2, -0.15) is 0 Å². The van der Waals surface area contributed by atoms with E-state index < -0.39 is 24.0 Å². The summed E-state index contributed by atoms with van der Waals surface area (Å²) in [5.41, 5.74) is 4.72. The third-order valence-corrected chi connectivity index (χ3v) is 2.70. The minimum absolute atomic E-state index is 0.0513. The van der Waals surface area contributed by atoms with E-state index in [0.29, 0.717) is 0 Å². The third-order valence-electron chi connectivity index (χ3n) is 2.07. The quantitative estimate of drug-likeness (QED) is 0.831. The first kappa shape index (κ1) is 15.3. The minimum atomic E-state index is -1.22. The smallest absolute Gasteiger partial charge is 0.341 e. The van der Waals surface area contributed by atoms with E-state index in [1.54, 1.807) is 11.4 Å². The summed E-state index contributed by atoms with van der Waals surface area (Å²) >= 11 is 11.6. The van der Waals surface area contributed by atoms with Crippen LogP contribution in [-0.2, 0) is 9.53 Å². The van der Waals surface area contributed by atoms with Crippen molar-refractivity contribution in [1.82, 2.24) is 5.32 Å². The number of hydrogen-bond acceptors (Lipinski definition) is 4. The highest BCUT2D eigenvalue weighted by Crippen LogP contribution is 2.25. The zero-order chi connectivity index (χ0) is 14.6. The van der Waals surface area contributed by atoms with Gasteiger partial charge in [0.1, 0.15) is 0 Å². The van der Waals surface area contributed by atoms with Crippen LogP contribution in [0.5, 0.6) is 0 Å². The van der Waals surface area contributed by atoms with Crippen LogP contribution in [0.4, 0.5) is 4.79 Å².